The number of hydrogen-bond donors (Lipinski definition) is 0. The number of ether oxygens (including phenoxy) is 1. The number of benzene rings is 2. The molecular formula is C24H20ClN7O2. The van der Waals surface area contributed by atoms with Crippen LogP contribution in [0.5, 0.6) is 5.75 Å². The van der Waals surface area contributed by atoms with Crippen molar-refractivity contribution in [1.29, 1.82) is 0 Å². The summed E-state index contributed by atoms with van der Waals surface area (Å²) in [5.74, 6) is 0.666. The molecule has 10 heteroatoms. The molecule has 0 spiro atoms. The highest BCUT2D eigenvalue weighted by atomic mass is 35.5. The highest BCUT2D eigenvalue weighted by Gasteiger charge is 2.16. The summed E-state index contributed by atoms with van der Waals surface area (Å²) in [4.78, 5) is 16.7. The van der Waals surface area contributed by atoms with Crippen LogP contribution in [0.2, 0.25) is 5.02 Å². The Hall–Kier alpha value is -4.24. The Labute approximate surface area is 199 Å². The van der Waals surface area contributed by atoms with Gasteiger partial charge in [0.25, 0.3) is 5.56 Å². The Morgan fingerprint density at radius 2 is 1.85 bits per heavy atom. The fraction of sp³-hybridized carbons (Fsp3) is 0.125. The van der Waals surface area contributed by atoms with Crippen molar-refractivity contribution in [2.24, 2.45) is 7.05 Å². The summed E-state index contributed by atoms with van der Waals surface area (Å²) in [6, 6.07) is 14.5. The smallest absolute Gasteiger partial charge is 0.268 e. The number of methoxy groups -OCH3 is 1. The van der Waals surface area contributed by atoms with Gasteiger partial charge >= 0.3 is 0 Å². The third kappa shape index (κ3) is 3.97. The highest BCUT2D eigenvalue weighted by Crippen LogP contribution is 2.30. The first-order valence-corrected chi connectivity index (χ1v) is 10.8. The van der Waals surface area contributed by atoms with E-state index in [-0.39, 0.29) is 5.56 Å². The maximum Gasteiger partial charge on any atom is 0.268 e. The van der Waals surface area contributed by atoms with Crippen LogP contribution in [-0.2, 0) is 7.05 Å². The first-order chi connectivity index (χ1) is 16.4. The van der Waals surface area contributed by atoms with Gasteiger partial charge < -0.3 is 9.30 Å². The highest BCUT2D eigenvalue weighted by molar-refractivity contribution is 6.30. The minimum Gasteiger partial charge on any atom is -0.495 e. The van der Waals surface area contributed by atoms with E-state index in [1.807, 2.05) is 48.0 Å². The van der Waals surface area contributed by atoms with Crippen LogP contribution >= 0.6 is 11.6 Å². The summed E-state index contributed by atoms with van der Waals surface area (Å²) < 4.78 is 10.3. The van der Waals surface area contributed by atoms with Crippen LogP contribution in [0.15, 0.2) is 72.0 Å². The quantitative estimate of drug-likeness (QED) is 0.385. The van der Waals surface area contributed by atoms with Crippen LogP contribution in [0.25, 0.3) is 33.9 Å². The molecule has 0 saturated carbocycles. The van der Waals surface area contributed by atoms with Crippen molar-refractivity contribution in [1.82, 2.24) is 34.3 Å². The molecule has 34 heavy (non-hydrogen) atoms. The fourth-order valence-corrected chi connectivity index (χ4v) is 3.85. The Morgan fingerprint density at radius 1 is 1.00 bits per heavy atom. The third-order valence-corrected chi connectivity index (χ3v) is 5.61. The molecule has 0 radical (unpaired) electrons. The average molecular weight is 474 g/mol. The summed E-state index contributed by atoms with van der Waals surface area (Å²) in [6.45, 7) is 1.93. The Bertz CT molecular complexity index is 1570. The van der Waals surface area contributed by atoms with Crippen LogP contribution < -0.4 is 10.3 Å². The summed E-state index contributed by atoms with van der Waals surface area (Å²) in [6.07, 6.45) is 5.41. The molecule has 0 saturated heterocycles. The van der Waals surface area contributed by atoms with Gasteiger partial charge in [-0.05, 0) is 31.2 Å². The zero-order valence-electron chi connectivity index (χ0n) is 18.7. The second-order valence-corrected chi connectivity index (χ2v) is 8.14. The normalized spacial score (nSPS) is 11.1. The molecule has 0 fully saturated rings. The summed E-state index contributed by atoms with van der Waals surface area (Å²) >= 11 is 6.19. The average Bonchev–Trinajstić information content (AvgIpc) is 3.49. The SMILES string of the molecule is COc1cc(-c2cn(-c3cc(=O)n(C)nc3-c3cccc(Cl)c3)nn2)ccc1-n1cnc(C)c1. The lowest BCUT2D eigenvalue weighted by atomic mass is 10.1. The number of hydrogen-bond acceptors (Lipinski definition) is 6. The van der Waals surface area contributed by atoms with Crippen molar-refractivity contribution < 1.29 is 4.74 Å². The van der Waals surface area contributed by atoms with E-state index in [4.69, 9.17) is 16.3 Å². The van der Waals surface area contributed by atoms with Crippen molar-refractivity contribution in [3.8, 4) is 39.6 Å². The van der Waals surface area contributed by atoms with E-state index >= 15 is 0 Å². The second-order valence-electron chi connectivity index (χ2n) is 7.71. The molecule has 2 aromatic carbocycles. The van der Waals surface area contributed by atoms with Crippen molar-refractivity contribution in [2.45, 2.75) is 6.92 Å². The summed E-state index contributed by atoms with van der Waals surface area (Å²) in [7, 11) is 3.22. The molecule has 0 bridgehead atoms. The molecule has 5 rings (SSSR count). The van der Waals surface area contributed by atoms with Gasteiger partial charge in [0.05, 0.1) is 36.7 Å². The standard InChI is InChI=1S/C24H20ClN7O2/c1-15-12-31(14-26-15)20-8-7-16(10-22(20)34-3)19-13-32(29-27-19)21-11-23(33)30(2)28-24(21)17-5-4-6-18(25)9-17/h4-14H,1-3H3. The molecular weight excluding hydrogens is 454 g/mol. The molecule has 0 amide bonds. The van der Waals surface area contributed by atoms with Gasteiger partial charge in [-0.2, -0.15) is 5.10 Å². The lowest BCUT2D eigenvalue weighted by Crippen LogP contribution is -2.21. The molecule has 170 valence electrons. The Morgan fingerprint density at radius 3 is 2.59 bits per heavy atom. The predicted octanol–water partition coefficient (Wildman–Crippen LogP) is 3.85. The van der Waals surface area contributed by atoms with Crippen LogP contribution in [-0.4, -0.2) is 41.4 Å². The van der Waals surface area contributed by atoms with Crippen molar-refractivity contribution in [3.63, 3.8) is 0 Å². The summed E-state index contributed by atoms with van der Waals surface area (Å²) in [5.41, 5.74) is 4.75. The molecule has 0 aliphatic rings. The van der Waals surface area contributed by atoms with Gasteiger partial charge in [-0.1, -0.05) is 35.0 Å². The molecule has 3 heterocycles. The Balaban J connectivity index is 1.58. The third-order valence-electron chi connectivity index (χ3n) is 5.38. The van der Waals surface area contributed by atoms with Gasteiger partial charge in [-0.15, -0.1) is 5.10 Å². The molecule has 5 aromatic rings. The van der Waals surface area contributed by atoms with Gasteiger partial charge in [0.2, 0.25) is 0 Å². The van der Waals surface area contributed by atoms with Gasteiger partial charge in [-0.3, -0.25) is 4.79 Å². The largest absolute Gasteiger partial charge is 0.495 e. The van der Waals surface area contributed by atoms with E-state index in [2.05, 4.69) is 20.4 Å². The van der Waals surface area contributed by atoms with Crippen molar-refractivity contribution >= 4 is 11.6 Å². The van der Waals surface area contributed by atoms with E-state index < -0.39 is 0 Å². The monoisotopic (exact) mass is 473 g/mol. The number of aryl methyl sites for hydroxylation is 2. The number of aromatic nitrogens is 7. The molecule has 0 unspecified atom stereocenters. The second kappa shape index (κ2) is 8.60. The van der Waals surface area contributed by atoms with Crippen LogP contribution in [0.1, 0.15) is 5.69 Å². The fourth-order valence-electron chi connectivity index (χ4n) is 3.66. The predicted molar refractivity (Wildman–Crippen MR) is 129 cm³/mol. The van der Waals surface area contributed by atoms with E-state index in [0.29, 0.717) is 27.8 Å². The Kier molecular flexibility index (Phi) is 5.46. The number of rotatable bonds is 5. The van der Waals surface area contributed by atoms with E-state index in [0.717, 1.165) is 22.5 Å². The van der Waals surface area contributed by atoms with Gasteiger partial charge in [0.15, 0.2) is 0 Å². The van der Waals surface area contributed by atoms with E-state index in [9.17, 15) is 4.79 Å². The van der Waals surface area contributed by atoms with Crippen molar-refractivity contribution in [3.05, 3.63) is 88.3 Å². The van der Waals surface area contributed by atoms with Gasteiger partial charge in [-0.25, -0.2) is 14.3 Å². The zero-order valence-corrected chi connectivity index (χ0v) is 19.4. The van der Waals surface area contributed by atoms with Crippen molar-refractivity contribution in [2.75, 3.05) is 7.11 Å². The molecule has 3 aromatic heterocycles. The molecule has 0 aliphatic heterocycles. The minimum absolute atomic E-state index is 0.264. The molecule has 0 atom stereocenters. The first kappa shape index (κ1) is 21.6. The molecule has 0 N–H and O–H groups in total. The van der Waals surface area contributed by atoms with Gasteiger partial charge in [0.1, 0.15) is 17.1 Å². The van der Waals surface area contributed by atoms with E-state index in [1.165, 1.54) is 10.7 Å². The van der Waals surface area contributed by atoms with Crippen LogP contribution in [0.3, 0.4) is 0 Å². The first-order valence-electron chi connectivity index (χ1n) is 10.4. The summed E-state index contributed by atoms with van der Waals surface area (Å²) in [5, 5.41) is 13.6. The maximum absolute atomic E-state index is 12.4. The van der Waals surface area contributed by atoms with Crippen LogP contribution in [0.4, 0.5) is 0 Å². The maximum atomic E-state index is 12.4. The number of halogens is 1. The topological polar surface area (TPSA) is 92.6 Å². The zero-order chi connectivity index (χ0) is 23.8. The lowest BCUT2D eigenvalue weighted by molar-refractivity contribution is 0.413. The van der Waals surface area contributed by atoms with Crippen LogP contribution in [0, 0.1) is 6.92 Å². The number of imidazole rings is 1. The lowest BCUT2D eigenvalue weighted by Gasteiger charge is -2.10. The van der Waals surface area contributed by atoms with E-state index in [1.54, 1.807) is 43.5 Å². The molecule has 9 nitrogen and oxygen atoms in total. The van der Waals surface area contributed by atoms with Gasteiger partial charge in [0, 0.05) is 35.5 Å². The molecule has 0 aliphatic carbocycles. The minimum atomic E-state index is -0.264. The number of nitrogens with zero attached hydrogens (tertiary/aromatic N) is 7.